The second kappa shape index (κ2) is 11.4. The normalized spacial score (nSPS) is 15.4. The summed E-state index contributed by atoms with van der Waals surface area (Å²) in [5.74, 6) is -0.378. The number of benzene rings is 3. The molecule has 0 saturated heterocycles. The van der Waals surface area contributed by atoms with Crippen LogP contribution in [0.1, 0.15) is 42.7 Å². The van der Waals surface area contributed by atoms with E-state index in [9.17, 15) is 9.59 Å². The Hall–Kier alpha value is -3.97. The molecule has 6 nitrogen and oxygen atoms in total. The van der Waals surface area contributed by atoms with Crippen LogP contribution < -0.4 is 10.6 Å². The summed E-state index contributed by atoms with van der Waals surface area (Å²) >= 11 is 5.50. The van der Waals surface area contributed by atoms with Gasteiger partial charge in [0.2, 0.25) is 0 Å². The smallest absolute Gasteiger partial charge is 0.338 e. The maximum Gasteiger partial charge on any atom is 0.338 e. The minimum Gasteiger partial charge on any atom is -0.462 e. The summed E-state index contributed by atoms with van der Waals surface area (Å²) in [6.07, 6.45) is 0. The van der Waals surface area contributed by atoms with Gasteiger partial charge in [0.25, 0.3) is 5.91 Å². The summed E-state index contributed by atoms with van der Waals surface area (Å²) in [6, 6.07) is 24.4. The van der Waals surface area contributed by atoms with Gasteiger partial charge in [-0.3, -0.25) is 4.79 Å². The van der Waals surface area contributed by atoms with Crippen molar-refractivity contribution in [2.75, 3.05) is 19.0 Å². The van der Waals surface area contributed by atoms with Gasteiger partial charge in [-0.2, -0.15) is 0 Å². The number of amides is 1. The average Bonchev–Trinajstić information content (AvgIpc) is 2.91. The molecule has 1 amide bonds. The number of nitrogens with one attached hydrogen (secondary N) is 2. The van der Waals surface area contributed by atoms with Gasteiger partial charge in [-0.05, 0) is 66.0 Å². The van der Waals surface area contributed by atoms with Crippen LogP contribution >= 0.6 is 12.2 Å². The summed E-state index contributed by atoms with van der Waals surface area (Å²) in [5.41, 5.74) is 5.33. The number of allylic oxidation sites excluding steroid dienone is 1. The Morgan fingerprint density at radius 2 is 1.68 bits per heavy atom. The summed E-state index contributed by atoms with van der Waals surface area (Å²) < 4.78 is 5.57. The van der Waals surface area contributed by atoms with Gasteiger partial charge in [-0.15, -0.1) is 0 Å². The van der Waals surface area contributed by atoms with E-state index in [1.807, 2.05) is 107 Å². The minimum absolute atomic E-state index is 0.216. The Morgan fingerprint density at radius 1 is 1.00 bits per heavy atom. The Labute approximate surface area is 223 Å². The van der Waals surface area contributed by atoms with Crippen molar-refractivity contribution < 1.29 is 14.3 Å². The molecule has 4 rings (SSSR count). The first-order valence-electron chi connectivity index (χ1n) is 12.2. The number of hydrogen-bond acceptors (Lipinski definition) is 4. The lowest BCUT2D eigenvalue weighted by Gasteiger charge is -2.35. The standard InChI is InChI=1S/C30H31N3O3S/c1-19(2)18-36-29(35)26-20(3)33(4)30(37)32-27(26)24-11-8-12-25(17-24)31-28(34)23-15-13-22(14-16-23)21-9-6-5-7-10-21/h5-17,19,27H,18H2,1-4H3,(H,31,34)(H,32,37). The fourth-order valence-corrected chi connectivity index (χ4v) is 4.37. The highest BCUT2D eigenvalue weighted by Crippen LogP contribution is 2.32. The third-order valence-electron chi connectivity index (χ3n) is 6.25. The van der Waals surface area contributed by atoms with Gasteiger partial charge < -0.3 is 20.3 Å². The molecule has 0 radical (unpaired) electrons. The highest BCUT2D eigenvalue weighted by molar-refractivity contribution is 7.80. The number of nitrogens with zero attached hydrogens (tertiary/aromatic N) is 1. The van der Waals surface area contributed by atoms with Crippen molar-refractivity contribution in [2.24, 2.45) is 5.92 Å². The average molecular weight is 514 g/mol. The molecule has 1 unspecified atom stereocenters. The number of anilines is 1. The molecule has 0 saturated carbocycles. The topological polar surface area (TPSA) is 70.7 Å². The van der Waals surface area contributed by atoms with Crippen molar-refractivity contribution in [2.45, 2.75) is 26.8 Å². The molecule has 0 aromatic heterocycles. The zero-order chi connectivity index (χ0) is 26.5. The van der Waals surface area contributed by atoms with Crippen LogP contribution in [0.4, 0.5) is 5.69 Å². The predicted molar refractivity (Wildman–Crippen MR) is 151 cm³/mol. The van der Waals surface area contributed by atoms with Gasteiger partial charge in [-0.1, -0.05) is 68.4 Å². The number of hydrogen-bond donors (Lipinski definition) is 2. The van der Waals surface area contributed by atoms with E-state index >= 15 is 0 Å². The molecule has 0 bridgehead atoms. The summed E-state index contributed by atoms with van der Waals surface area (Å²) in [5, 5.41) is 6.73. The van der Waals surface area contributed by atoms with E-state index in [-0.39, 0.29) is 17.8 Å². The number of thiocarbonyl (C=S) groups is 1. The highest BCUT2D eigenvalue weighted by Gasteiger charge is 2.33. The van der Waals surface area contributed by atoms with Gasteiger partial charge in [0, 0.05) is 24.0 Å². The van der Waals surface area contributed by atoms with Crippen LogP contribution in [0.3, 0.4) is 0 Å². The monoisotopic (exact) mass is 513 g/mol. The van der Waals surface area contributed by atoms with Crippen LogP contribution in [0.25, 0.3) is 11.1 Å². The first-order valence-corrected chi connectivity index (χ1v) is 12.6. The number of carbonyl (C=O) groups excluding carboxylic acids is 2. The fraction of sp³-hybridized carbons (Fsp3) is 0.233. The maximum absolute atomic E-state index is 13.1. The molecule has 0 aliphatic carbocycles. The molecular weight excluding hydrogens is 482 g/mol. The highest BCUT2D eigenvalue weighted by atomic mass is 32.1. The lowest BCUT2D eigenvalue weighted by Crippen LogP contribution is -2.46. The van der Waals surface area contributed by atoms with Crippen LogP contribution in [-0.4, -0.2) is 35.5 Å². The SMILES string of the molecule is CC1=C(C(=O)OCC(C)C)C(c2cccc(NC(=O)c3ccc(-c4ccccc4)cc3)c2)NC(=S)N1C. The molecule has 0 fully saturated rings. The molecule has 1 aliphatic rings. The van der Waals surface area contributed by atoms with Gasteiger partial charge in [-0.25, -0.2) is 4.79 Å². The molecule has 1 atom stereocenters. The third-order valence-corrected chi connectivity index (χ3v) is 6.65. The van der Waals surface area contributed by atoms with Crippen molar-refractivity contribution in [1.29, 1.82) is 0 Å². The van der Waals surface area contributed by atoms with Gasteiger partial charge in [0.15, 0.2) is 5.11 Å². The van der Waals surface area contributed by atoms with E-state index < -0.39 is 6.04 Å². The molecule has 1 aliphatic heterocycles. The summed E-state index contributed by atoms with van der Waals surface area (Å²) in [7, 11) is 1.82. The zero-order valence-electron chi connectivity index (χ0n) is 21.4. The minimum atomic E-state index is -0.495. The van der Waals surface area contributed by atoms with E-state index in [1.54, 1.807) is 4.90 Å². The van der Waals surface area contributed by atoms with Crippen LogP contribution in [-0.2, 0) is 9.53 Å². The quantitative estimate of drug-likeness (QED) is 0.301. The molecule has 37 heavy (non-hydrogen) atoms. The van der Waals surface area contributed by atoms with E-state index in [0.717, 1.165) is 22.4 Å². The number of carbonyl (C=O) groups is 2. The lowest BCUT2D eigenvalue weighted by atomic mass is 9.94. The third kappa shape index (κ3) is 6.06. The first kappa shape index (κ1) is 26.1. The van der Waals surface area contributed by atoms with E-state index in [0.29, 0.717) is 28.5 Å². The molecule has 190 valence electrons. The molecule has 3 aromatic carbocycles. The number of rotatable bonds is 7. The molecule has 1 heterocycles. The molecule has 3 aromatic rings. The summed E-state index contributed by atoms with van der Waals surface area (Å²) in [6.45, 7) is 6.17. The first-order chi connectivity index (χ1) is 17.7. The molecular formula is C30H31N3O3S. The van der Waals surface area contributed by atoms with Crippen molar-refractivity contribution in [3.8, 4) is 11.1 Å². The van der Waals surface area contributed by atoms with Gasteiger partial charge in [0.05, 0.1) is 18.2 Å². The van der Waals surface area contributed by atoms with Crippen molar-refractivity contribution in [3.05, 3.63) is 101 Å². The van der Waals surface area contributed by atoms with Crippen molar-refractivity contribution in [1.82, 2.24) is 10.2 Å². The van der Waals surface area contributed by atoms with Crippen LogP contribution in [0.15, 0.2) is 90.1 Å². The van der Waals surface area contributed by atoms with E-state index in [1.165, 1.54) is 0 Å². The zero-order valence-corrected chi connectivity index (χ0v) is 22.3. The Kier molecular flexibility index (Phi) is 8.04. The van der Waals surface area contributed by atoms with Crippen LogP contribution in [0.2, 0.25) is 0 Å². The van der Waals surface area contributed by atoms with Gasteiger partial charge in [0.1, 0.15) is 0 Å². The Balaban J connectivity index is 1.55. The largest absolute Gasteiger partial charge is 0.462 e. The Bertz CT molecular complexity index is 1330. The number of esters is 1. The number of ether oxygens (including phenoxy) is 1. The van der Waals surface area contributed by atoms with Crippen LogP contribution in [0.5, 0.6) is 0 Å². The Morgan fingerprint density at radius 3 is 2.35 bits per heavy atom. The van der Waals surface area contributed by atoms with Gasteiger partial charge >= 0.3 is 5.97 Å². The van der Waals surface area contributed by atoms with Crippen molar-refractivity contribution >= 4 is 34.9 Å². The summed E-state index contributed by atoms with van der Waals surface area (Å²) in [4.78, 5) is 27.8. The maximum atomic E-state index is 13.1. The predicted octanol–water partition coefficient (Wildman–Crippen LogP) is 5.94. The van der Waals surface area contributed by atoms with E-state index in [4.69, 9.17) is 17.0 Å². The van der Waals surface area contributed by atoms with Crippen LogP contribution in [0, 0.1) is 5.92 Å². The van der Waals surface area contributed by atoms with E-state index in [2.05, 4.69) is 10.6 Å². The fourth-order valence-electron chi connectivity index (χ4n) is 4.11. The van der Waals surface area contributed by atoms with Crippen molar-refractivity contribution in [3.63, 3.8) is 0 Å². The second-order valence-corrected chi connectivity index (χ2v) is 9.84. The molecule has 2 N–H and O–H groups in total. The lowest BCUT2D eigenvalue weighted by molar-refractivity contribution is -0.140. The molecule has 0 spiro atoms. The second-order valence-electron chi connectivity index (χ2n) is 9.46. The molecule has 7 heteroatoms.